The quantitative estimate of drug-likeness (QED) is 0.618. The van der Waals surface area contributed by atoms with Crippen LogP contribution in [0.25, 0.3) is 0 Å². The van der Waals surface area contributed by atoms with Crippen molar-refractivity contribution in [3.05, 3.63) is 27.9 Å². The van der Waals surface area contributed by atoms with E-state index in [1.54, 1.807) is 11.0 Å². The van der Waals surface area contributed by atoms with E-state index >= 15 is 0 Å². The van der Waals surface area contributed by atoms with Gasteiger partial charge < -0.3 is 15.0 Å². The van der Waals surface area contributed by atoms with Crippen molar-refractivity contribution >= 4 is 17.4 Å². The number of aromatic nitrogens is 1. The van der Waals surface area contributed by atoms with Crippen LogP contribution in [0.5, 0.6) is 0 Å². The van der Waals surface area contributed by atoms with E-state index < -0.39 is 4.92 Å². The van der Waals surface area contributed by atoms with Crippen molar-refractivity contribution in [2.45, 2.75) is 0 Å². The van der Waals surface area contributed by atoms with E-state index in [4.69, 9.17) is 10.00 Å². The number of hydrogen-bond acceptors (Lipinski definition) is 7. The van der Waals surface area contributed by atoms with Gasteiger partial charge >= 0.3 is 5.69 Å². The SMILES string of the molecule is N#Cc1nc(NCC(=O)N2CCOCC2)ccc1[N+](=O)[O-]. The molecular weight excluding hydrogens is 278 g/mol. The number of ether oxygens (including phenoxy) is 1. The fourth-order valence-electron chi connectivity index (χ4n) is 1.87. The minimum atomic E-state index is -0.672. The molecule has 1 aliphatic heterocycles. The fourth-order valence-corrected chi connectivity index (χ4v) is 1.87. The van der Waals surface area contributed by atoms with Crippen LogP contribution in [0.3, 0.4) is 0 Å². The van der Waals surface area contributed by atoms with Crippen LogP contribution in [0.4, 0.5) is 11.5 Å². The summed E-state index contributed by atoms with van der Waals surface area (Å²) in [5.74, 6) is 0.135. The molecule has 0 radical (unpaired) electrons. The predicted octanol–water partition coefficient (Wildman–Crippen LogP) is 0.132. The van der Waals surface area contributed by atoms with E-state index in [1.165, 1.54) is 12.1 Å². The summed E-state index contributed by atoms with van der Waals surface area (Å²) in [4.78, 5) is 27.4. The molecule has 0 aromatic carbocycles. The summed E-state index contributed by atoms with van der Waals surface area (Å²) < 4.78 is 5.15. The summed E-state index contributed by atoms with van der Waals surface area (Å²) >= 11 is 0. The number of hydrogen-bond donors (Lipinski definition) is 1. The van der Waals surface area contributed by atoms with Gasteiger partial charge in [0.2, 0.25) is 11.6 Å². The molecule has 0 unspecified atom stereocenters. The van der Waals surface area contributed by atoms with Gasteiger partial charge in [0, 0.05) is 19.2 Å². The zero-order valence-corrected chi connectivity index (χ0v) is 11.1. The Morgan fingerprint density at radius 2 is 2.24 bits per heavy atom. The molecule has 9 nitrogen and oxygen atoms in total. The molecule has 0 bridgehead atoms. The van der Waals surface area contributed by atoms with Crippen molar-refractivity contribution in [1.82, 2.24) is 9.88 Å². The lowest BCUT2D eigenvalue weighted by Crippen LogP contribution is -2.43. The van der Waals surface area contributed by atoms with Crippen LogP contribution >= 0.6 is 0 Å². The Labute approximate surface area is 120 Å². The number of morpholine rings is 1. The van der Waals surface area contributed by atoms with Gasteiger partial charge in [-0.25, -0.2) is 4.98 Å². The molecule has 110 valence electrons. The van der Waals surface area contributed by atoms with Crippen LogP contribution in [-0.2, 0) is 9.53 Å². The Morgan fingerprint density at radius 3 is 2.86 bits per heavy atom. The van der Waals surface area contributed by atoms with E-state index in [9.17, 15) is 14.9 Å². The third-order valence-electron chi connectivity index (χ3n) is 2.96. The zero-order chi connectivity index (χ0) is 15.2. The minimum Gasteiger partial charge on any atom is -0.378 e. The molecule has 21 heavy (non-hydrogen) atoms. The average Bonchev–Trinajstić information content (AvgIpc) is 2.52. The average molecular weight is 291 g/mol. The number of nitriles is 1. The molecule has 1 fully saturated rings. The molecule has 1 N–H and O–H groups in total. The molecule has 1 aromatic heterocycles. The van der Waals surface area contributed by atoms with Crippen LogP contribution in [0.2, 0.25) is 0 Å². The summed E-state index contributed by atoms with van der Waals surface area (Å²) in [5.41, 5.74) is -0.647. The standard InChI is InChI=1S/C12H13N5O4/c13-7-9-10(17(19)20)1-2-11(15-9)14-8-12(18)16-3-5-21-6-4-16/h1-2H,3-6,8H2,(H,14,15). The lowest BCUT2D eigenvalue weighted by atomic mass is 10.3. The van der Waals surface area contributed by atoms with Gasteiger partial charge in [-0.2, -0.15) is 5.26 Å². The van der Waals surface area contributed by atoms with E-state index in [1.807, 2.05) is 0 Å². The lowest BCUT2D eigenvalue weighted by Gasteiger charge is -2.26. The number of nitrogens with zero attached hydrogens (tertiary/aromatic N) is 4. The molecule has 1 aromatic rings. The zero-order valence-electron chi connectivity index (χ0n) is 11.1. The minimum absolute atomic E-state index is 0.00960. The van der Waals surface area contributed by atoms with E-state index in [0.29, 0.717) is 26.3 Å². The van der Waals surface area contributed by atoms with Gasteiger partial charge in [0.25, 0.3) is 0 Å². The van der Waals surface area contributed by atoms with Gasteiger partial charge in [-0.05, 0) is 6.07 Å². The van der Waals surface area contributed by atoms with Gasteiger partial charge in [0.15, 0.2) is 0 Å². The number of pyridine rings is 1. The maximum atomic E-state index is 11.9. The third-order valence-corrected chi connectivity index (χ3v) is 2.96. The molecular formula is C12H13N5O4. The molecule has 9 heteroatoms. The first-order valence-corrected chi connectivity index (χ1v) is 6.26. The highest BCUT2D eigenvalue weighted by Crippen LogP contribution is 2.17. The first-order chi connectivity index (χ1) is 10.1. The highest BCUT2D eigenvalue weighted by Gasteiger charge is 2.18. The van der Waals surface area contributed by atoms with Gasteiger partial charge in [0.1, 0.15) is 11.9 Å². The normalized spacial score (nSPS) is 14.3. The predicted molar refractivity (Wildman–Crippen MR) is 71.5 cm³/mol. The Balaban J connectivity index is 1.98. The molecule has 2 rings (SSSR count). The third kappa shape index (κ3) is 3.64. The summed E-state index contributed by atoms with van der Waals surface area (Å²) in [6.45, 7) is 2.12. The van der Waals surface area contributed by atoms with E-state index in [2.05, 4.69) is 10.3 Å². The summed E-state index contributed by atoms with van der Waals surface area (Å²) in [7, 11) is 0. The van der Waals surface area contributed by atoms with Crippen LogP contribution in [0.1, 0.15) is 5.69 Å². The highest BCUT2D eigenvalue weighted by molar-refractivity contribution is 5.80. The molecule has 1 aliphatic rings. The van der Waals surface area contributed by atoms with Gasteiger partial charge in [-0.15, -0.1) is 0 Å². The molecule has 0 saturated carbocycles. The summed E-state index contributed by atoms with van der Waals surface area (Å²) in [5, 5.41) is 22.3. The van der Waals surface area contributed by atoms with Crippen molar-refractivity contribution in [2.75, 3.05) is 38.2 Å². The first-order valence-electron chi connectivity index (χ1n) is 6.26. The topological polar surface area (TPSA) is 121 Å². The van der Waals surface area contributed by atoms with Crippen molar-refractivity contribution in [3.8, 4) is 6.07 Å². The number of amides is 1. The lowest BCUT2D eigenvalue weighted by molar-refractivity contribution is -0.385. The van der Waals surface area contributed by atoms with Crippen LogP contribution in [-0.4, -0.2) is 53.6 Å². The Bertz CT molecular complexity index is 592. The number of carbonyl (C=O) groups excluding carboxylic acids is 1. The van der Waals surface area contributed by atoms with Crippen LogP contribution < -0.4 is 5.32 Å². The number of carbonyl (C=O) groups is 1. The summed E-state index contributed by atoms with van der Waals surface area (Å²) in [6.07, 6.45) is 0. The molecule has 2 heterocycles. The highest BCUT2D eigenvalue weighted by atomic mass is 16.6. The molecule has 0 aliphatic carbocycles. The van der Waals surface area contributed by atoms with E-state index in [0.717, 1.165) is 0 Å². The molecule has 1 amide bonds. The summed E-state index contributed by atoms with van der Waals surface area (Å²) in [6, 6.07) is 4.22. The van der Waals surface area contributed by atoms with Gasteiger partial charge in [0.05, 0.1) is 24.7 Å². The number of anilines is 1. The molecule has 0 atom stereocenters. The first kappa shape index (κ1) is 14.7. The Hall–Kier alpha value is -2.73. The monoisotopic (exact) mass is 291 g/mol. The van der Waals surface area contributed by atoms with Gasteiger partial charge in [-0.1, -0.05) is 0 Å². The molecule has 0 spiro atoms. The fraction of sp³-hybridized carbons (Fsp3) is 0.417. The maximum Gasteiger partial charge on any atom is 0.305 e. The van der Waals surface area contributed by atoms with E-state index in [-0.39, 0.29) is 29.7 Å². The van der Waals surface area contributed by atoms with Crippen molar-refractivity contribution in [1.29, 1.82) is 5.26 Å². The maximum absolute atomic E-state index is 11.9. The number of rotatable bonds is 4. The second kappa shape index (κ2) is 6.62. The van der Waals surface area contributed by atoms with Crippen LogP contribution in [0.15, 0.2) is 12.1 Å². The smallest absolute Gasteiger partial charge is 0.305 e. The largest absolute Gasteiger partial charge is 0.378 e. The van der Waals surface area contributed by atoms with Crippen molar-refractivity contribution < 1.29 is 14.5 Å². The Morgan fingerprint density at radius 1 is 1.52 bits per heavy atom. The van der Waals surface area contributed by atoms with Gasteiger partial charge in [-0.3, -0.25) is 14.9 Å². The second-order valence-corrected chi connectivity index (χ2v) is 4.28. The van der Waals surface area contributed by atoms with Crippen molar-refractivity contribution in [2.24, 2.45) is 0 Å². The van der Waals surface area contributed by atoms with Crippen molar-refractivity contribution in [3.63, 3.8) is 0 Å². The number of nitro groups is 1. The van der Waals surface area contributed by atoms with Crippen LogP contribution in [0, 0.1) is 21.4 Å². The Kier molecular flexibility index (Phi) is 4.63. The molecule has 1 saturated heterocycles. The number of nitrogens with one attached hydrogen (secondary N) is 1. The second-order valence-electron chi connectivity index (χ2n) is 4.28.